The van der Waals surface area contributed by atoms with Crippen LogP contribution in [0.15, 0.2) is 42.1 Å². The highest BCUT2D eigenvalue weighted by molar-refractivity contribution is 6.02. The van der Waals surface area contributed by atoms with E-state index in [4.69, 9.17) is 4.74 Å². The van der Waals surface area contributed by atoms with E-state index in [1.54, 1.807) is 6.92 Å². The maximum absolute atomic E-state index is 13.1. The third kappa shape index (κ3) is 3.86. The fraction of sp³-hybridized carbons (Fsp3) is 0.500. The molecule has 0 amide bonds. The Labute approximate surface area is 144 Å². The van der Waals surface area contributed by atoms with Gasteiger partial charge in [0.25, 0.3) is 0 Å². The van der Waals surface area contributed by atoms with Crippen molar-refractivity contribution in [2.24, 2.45) is 11.3 Å². The van der Waals surface area contributed by atoms with Crippen molar-refractivity contribution in [3.8, 4) is 0 Å². The van der Waals surface area contributed by atoms with Crippen molar-refractivity contribution in [1.29, 1.82) is 0 Å². The average Bonchev–Trinajstić information content (AvgIpc) is 2.57. The van der Waals surface area contributed by atoms with Gasteiger partial charge in [-0.15, -0.1) is 0 Å². The zero-order valence-corrected chi connectivity index (χ0v) is 15.0. The monoisotopic (exact) mass is 329 g/mol. The van der Waals surface area contributed by atoms with Crippen LogP contribution in [-0.2, 0) is 14.3 Å². The molecular weight excluding hydrogens is 302 g/mol. The molecule has 1 aromatic carbocycles. The standard InChI is InChI=1S/C20H27NO3/c1-5-24-18(22)13-20(3)15(2)11-12-16(19(20)23)14-21(4)17-9-7-6-8-10-17/h6-10,14-15H,5,11-13H2,1-4H3/b16-14-/t15-,20+/m1/s1. The first-order valence-corrected chi connectivity index (χ1v) is 8.57. The molecule has 0 heterocycles. The molecule has 0 radical (unpaired) electrons. The molecular formula is C20H27NO3. The van der Waals surface area contributed by atoms with Crippen molar-refractivity contribution in [2.75, 3.05) is 18.6 Å². The van der Waals surface area contributed by atoms with Crippen molar-refractivity contribution in [3.05, 3.63) is 42.1 Å². The lowest BCUT2D eigenvalue weighted by Gasteiger charge is -2.39. The van der Waals surface area contributed by atoms with Gasteiger partial charge in [-0.3, -0.25) is 9.59 Å². The Hall–Kier alpha value is -2.10. The number of carbonyl (C=O) groups is 2. The number of Topliss-reactive ketones (excluding diaryl/α,β-unsaturated/α-hetero) is 1. The van der Waals surface area contributed by atoms with Gasteiger partial charge in [-0.2, -0.15) is 0 Å². The van der Waals surface area contributed by atoms with E-state index < -0.39 is 5.41 Å². The topological polar surface area (TPSA) is 46.6 Å². The normalized spacial score (nSPS) is 25.6. The van der Waals surface area contributed by atoms with Gasteiger partial charge in [0.2, 0.25) is 0 Å². The lowest BCUT2D eigenvalue weighted by molar-refractivity contribution is -0.150. The number of hydrogen-bond acceptors (Lipinski definition) is 4. The molecule has 1 aromatic rings. The first kappa shape index (κ1) is 18.2. The largest absolute Gasteiger partial charge is 0.466 e. The van der Waals surface area contributed by atoms with Crippen LogP contribution in [0.2, 0.25) is 0 Å². The van der Waals surface area contributed by atoms with E-state index in [0.717, 1.165) is 24.1 Å². The highest BCUT2D eigenvalue weighted by Crippen LogP contribution is 2.43. The highest BCUT2D eigenvalue weighted by atomic mass is 16.5. The van der Waals surface area contributed by atoms with E-state index in [1.807, 2.05) is 55.4 Å². The molecule has 0 aliphatic heterocycles. The Kier molecular flexibility index (Phi) is 5.81. The predicted molar refractivity (Wildman–Crippen MR) is 95.7 cm³/mol. The van der Waals surface area contributed by atoms with Gasteiger partial charge in [-0.1, -0.05) is 32.0 Å². The second-order valence-corrected chi connectivity index (χ2v) is 6.77. The second-order valence-electron chi connectivity index (χ2n) is 6.77. The summed E-state index contributed by atoms with van der Waals surface area (Å²) in [7, 11) is 1.94. The maximum Gasteiger partial charge on any atom is 0.306 e. The summed E-state index contributed by atoms with van der Waals surface area (Å²) < 4.78 is 5.07. The highest BCUT2D eigenvalue weighted by Gasteiger charge is 2.45. The number of ketones is 1. The summed E-state index contributed by atoms with van der Waals surface area (Å²) in [5.74, 6) is -0.0662. The van der Waals surface area contributed by atoms with E-state index in [1.165, 1.54) is 0 Å². The summed E-state index contributed by atoms with van der Waals surface area (Å²) in [6.07, 6.45) is 3.70. The lowest BCUT2D eigenvalue weighted by Crippen LogP contribution is -2.42. The van der Waals surface area contributed by atoms with Crippen molar-refractivity contribution in [1.82, 2.24) is 0 Å². The minimum absolute atomic E-state index is 0.0667. The summed E-state index contributed by atoms with van der Waals surface area (Å²) in [4.78, 5) is 27.0. The lowest BCUT2D eigenvalue weighted by atomic mass is 9.64. The van der Waals surface area contributed by atoms with Gasteiger partial charge in [0.15, 0.2) is 5.78 Å². The van der Waals surface area contributed by atoms with E-state index in [2.05, 4.69) is 6.92 Å². The molecule has 24 heavy (non-hydrogen) atoms. The van der Waals surface area contributed by atoms with Gasteiger partial charge < -0.3 is 9.64 Å². The van der Waals surface area contributed by atoms with E-state index in [0.29, 0.717) is 6.61 Å². The number of allylic oxidation sites excluding steroid dienone is 1. The SMILES string of the molecule is CCOC(=O)C[C@]1(C)C(=O)/C(=C\N(C)c2ccccc2)CC[C@H]1C. The van der Waals surface area contributed by atoms with Crippen LogP contribution in [0, 0.1) is 11.3 Å². The minimum Gasteiger partial charge on any atom is -0.466 e. The van der Waals surface area contributed by atoms with Gasteiger partial charge in [0, 0.05) is 29.9 Å². The van der Waals surface area contributed by atoms with Crippen LogP contribution in [0.25, 0.3) is 0 Å². The van der Waals surface area contributed by atoms with E-state index in [-0.39, 0.29) is 24.1 Å². The molecule has 2 atom stereocenters. The van der Waals surface area contributed by atoms with Crippen LogP contribution in [0.1, 0.15) is 40.0 Å². The number of rotatable bonds is 5. The van der Waals surface area contributed by atoms with Crippen molar-refractivity contribution in [2.45, 2.75) is 40.0 Å². The van der Waals surface area contributed by atoms with Gasteiger partial charge in [0.05, 0.1) is 13.0 Å². The Morgan fingerprint density at radius 1 is 1.38 bits per heavy atom. The molecule has 0 saturated heterocycles. The molecule has 1 saturated carbocycles. The van der Waals surface area contributed by atoms with Crippen LogP contribution >= 0.6 is 0 Å². The molecule has 0 N–H and O–H groups in total. The second kappa shape index (κ2) is 7.65. The number of para-hydroxylation sites is 1. The Morgan fingerprint density at radius 2 is 2.04 bits per heavy atom. The number of esters is 1. The zero-order chi connectivity index (χ0) is 17.7. The van der Waals surface area contributed by atoms with E-state index >= 15 is 0 Å². The van der Waals surface area contributed by atoms with Crippen LogP contribution in [0.3, 0.4) is 0 Å². The van der Waals surface area contributed by atoms with Crippen LogP contribution in [-0.4, -0.2) is 25.4 Å². The molecule has 0 spiro atoms. The summed E-state index contributed by atoms with van der Waals surface area (Å²) in [6, 6.07) is 9.92. The Morgan fingerprint density at radius 3 is 2.67 bits per heavy atom. The van der Waals surface area contributed by atoms with Gasteiger partial charge in [0.1, 0.15) is 0 Å². The third-order valence-corrected chi connectivity index (χ3v) is 5.07. The molecule has 1 aliphatic carbocycles. The van der Waals surface area contributed by atoms with Gasteiger partial charge >= 0.3 is 5.97 Å². The van der Waals surface area contributed by atoms with Gasteiger partial charge in [-0.05, 0) is 37.8 Å². The molecule has 2 rings (SSSR count). The van der Waals surface area contributed by atoms with Crippen LogP contribution < -0.4 is 4.90 Å². The molecule has 0 bridgehead atoms. The van der Waals surface area contributed by atoms with Crippen molar-refractivity contribution >= 4 is 17.4 Å². The molecule has 0 aromatic heterocycles. The zero-order valence-electron chi connectivity index (χ0n) is 15.0. The minimum atomic E-state index is -0.687. The fourth-order valence-corrected chi connectivity index (χ4v) is 3.26. The third-order valence-electron chi connectivity index (χ3n) is 5.07. The molecule has 0 unspecified atom stereocenters. The number of carbonyl (C=O) groups excluding carboxylic acids is 2. The molecule has 1 fully saturated rings. The fourth-order valence-electron chi connectivity index (χ4n) is 3.26. The molecule has 4 nitrogen and oxygen atoms in total. The number of benzene rings is 1. The first-order chi connectivity index (χ1) is 11.4. The van der Waals surface area contributed by atoms with Crippen LogP contribution in [0.4, 0.5) is 5.69 Å². The smallest absolute Gasteiger partial charge is 0.306 e. The van der Waals surface area contributed by atoms with E-state index in [9.17, 15) is 9.59 Å². The Balaban J connectivity index is 2.22. The summed E-state index contributed by atoms with van der Waals surface area (Å²) in [6.45, 7) is 6.07. The number of hydrogen-bond donors (Lipinski definition) is 0. The van der Waals surface area contributed by atoms with Gasteiger partial charge in [-0.25, -0.2) is 0 Å². The summed E-state index contributed by atoms with van der Waals surface area (Å²) in [5.41, 5.74) is 1.13. The van der Waals surface area contributed by atoms with Crippen molar-refractivity contribution in [3.63, 3.8) is 0 Å². The van der Waals surface area contributed by atoms with Crippen LogP contribution in [0.5, 0.6) is 0 Å². The average molecular weight is 329 g/mol. The summed E-state index contributed by atoms with van der Waals surface area (Å²) in [5, 5.41) is 0. The maximum atomic E-state index is 13.1. The Bertz CT molecular complexity index is 623. The summed E-state index contributed by atoms with van der Waals surface area (Å²) >= 11 is 0. The molecule has 130 valence electrons. The number of nitrogens with zero attached hydrogens (tertiary/aromatic N) is 1. The predicted octanol–water partition coefficient (Wildman–Crippen LogP) is 3.97. The molecule has 4 heteroatoms. The number of anilines is 1. The molecule has 1 aliphatic rings. The first-order valence-electron chi connectivity index (χ1n) is 8.57. The number of ether oxygens (including phenoxy) is 1. The quantitative estimate of drug-likeness (QED) is 0.606. The van der Waals surface area contributed by atoms with Crippen molar-refractivity contribution < 1.29 is 14.3 Å².